The van der Waals surface area contributed by atoms with Crippen molar-refractivity contribution < 1.29 is 17.9 Å². The monoisotopic (exact) mass is 316 g/mol. The normalized spacial score (nSPS) is 18.0. The van der Waals surface area contributed by atoms with Crippen LogP contribution in [0.25, 0.3) is 0 Å². The molecular formula is C14H21FN2O3S. The largest absolute Gasteiger partial charge is 0.392 e. The van der Waals surface area contributed by atoms with Gasteiger partial charge in [0.2, 0.25) is 10.0 Å². The van der Waals surface area contributed by atoms with E-state index in [0.29, 0.717) is 31.7 Å². The van der Waals surface area contributed by atoms with Gasteiger partial charge in [0, 0.05) is 26.2 Å². The van der Waals surface area contributed by atoms with Gasteiger partial charge in [-0.25, -0.2) is 12.8 Å². The van der Waals surface area contributed by atoms with E-state index in [0.717, 1.165) is 19.0 Å². The van der Waals surface area contributed by atoms with E-state index in [4.69, 9.17) is 5.11 Å². The molecule has 118 valence electrons. The summed E-state index contributed by atoms with van der Waals surface area (Å²) in [6, 6.07) is 3.68. The minimum Gasteiger partial charge on any atom is -0.392 e. The van der Waals surface area contributed by atoms with Gasteiger partial charge in [0.25, 0.3) is 0 Å². The van der Waals surface area contributed by atoms with Crippen LogP contribution in [0.5, 0.6) is 0 Å². The first-order chi connectivity index (χ1) is 9.98. The summed E-state index contributed by atoms with van der Waals surface area (Å²) in [5.41, 5.74) is 0.389. The number of aliphatic hydroxyl groups excluding tert-OH is 1. The Bertz CT molecular complexity index is 584. The predicted octanol–water partition coefficient (Wildman–Crippen LogP) is 1.03. The summed E-state index contributed by atoms with van der Waals surface area (Å²) in [6.07, 6.45) is 1.03. The van der Waals surface area contributed by atoms with Gasteiger partial charge in [0.1, 0.15) is 10.7 Å². The van der Waals surface area contributed by atoms with Crippen molar-refractivity contribution in [2.45, 2.75) is 24.8 Å². The lowest BCUT2D eigenvalue weighted by atomic mass is 10.2. The first-order valence-corrected chi connectivity index (χ1v) is 8.55. The Morgan fingerprint density at radius 1 is 1.24 bits per heavy atom. The van der Waals surface area contributed by atoms with Gasteiger partial charge in [-0.3, -0.25) is 0 Å². The molecule has 5 nitrogen and oxygen atoms in total. The van der Waals surface area contributed by atoms with Crippen LogP contribution in [0.1, 0.15) is 18.9 Å². The second kappa shape index (κ2) is 6.83. The summed E-state index contributed by atoms with van der Waals surface area (Å²) in [5.74, 6) is -0.775. The van der Waals surface area contributed by atoms with Crippen LogP contribution in [0, 0.1) is 5.82 Å². The molecule has 0 spiro atoms. The number of sulfonamides is 1. The van der Waals surface area contributed by atoms with Crippen LogP contribution in [0.3, 0.4) is 0 Å². The Hall–Kier alpha value is -1.02. The summed E-state index contributed by atoms with van der Waals surface area (Å²) in [5, 5.41) is 9.09. The van der Waals surface area contributed by atoms with E-state index in [9.17, 15) is 12.8 Å². The van der Waals surface area contributed by atoms with Crippen LogP contribution < -0.4 is 0 Å². The molecule has 0 atom stereocenters. The third-order valence-corrected chi connectivity index (χ3v) is 5.58. The molecule has 0 aliphatic carbocycles. The summed E-state index contributed by atoms with van der Waals surface area (Å²) in [7, 11) is -3.84. The van der Waals surface area contributed by atoms with Crippen molar-refractivity contribution in [1.29, 1.82) is 0 Å². The first-order valence-electron chi connectivity index (χ1n) is 7.11. The first kappa shape index (κ1) is 16.4. The molecule has 0 saturated carbocycles. The van der Waals surface area contributed by atoms with E-state index >= 15 is 0 Å². The fraction of sp³-hybridized carbons (Fsp3) is 0.571. The molecule has 0 unspecified atom stereocenters. The molecule has 0 aromatic heterocycles. The zero-order valence-corrected chi connectivity index (χ0v) is 12.9. The molecule has 1 N–H and O–H groups in total. The highest BCUT2D eigenvalue weighted by atomic mass is 32.2. The Morgan fingerprint density at radius 3 is 2.48 bits per heavy atom. The number of rotatable bonds is 5. The number of nitrogens with zero attached hydrogens (tertiary/aromatic N) is 2. The van der Waals surface area contributed by atoms with Crippen molar-refractivity contribution in [2.24, 2.45) is 0 Å². The molecule has 1 aliphatic heterocycles. The topological polar surface area (TPSA) is 60.9 Å². The van der Waals surface area contributed by atoms with Crippen LogP contribution in [0.2, 0.25) is 0 Å². The lowest BCUT2D eigenvalue weighted by Gasteiger charge is -2.33. The molecule has 1 aliphatic rings. The van der Waals surface area contributed by atoms with E-state index in [1.165, 1.54) is 16.4 Å². The maximum atomic E-state index is 13.9. The lowest BCUT2D eigenvalue weighted by molar-refractivity contribution is 0.188. The lowest BCUT2D eigenvalue weighted by Crippen LogP contribution is -2.48. The molecule has 1 aromatic rings. The van der Waals surface area contributed by atoms with Crippen molar-refractivity contribution in [3.63, 3.8) is 0 Å². The van der Waals surface area contributed by atoms with Gasteiger partial charge < -0.3 is 10.0 Å². The van der Waals surface area contributed by atoms with Crippen molar-refractivity contribution >= 4 is 10.0 Å². The van der Waals surface area contributed by atoms with E-state index in [-0.39, 0.29) is 11.5 Å². The number of halogens is 1. The van der Waals surface area contributed by atoms with Gasteiger partial charge in [-0.2, -0.15) is 4.31 Å². The van der Waals surface area contributed by atoms with Crippen molar-refractivity contribution in [2.75, 3.05) is 32.7 Å². The number of benzene rings is 1. The molecule has 1 aromatic carbocycles. The molecule has 21 heavy (non-hydrogen) atoms. The molecular weight excluding hydrogens is 295 g/mol. The summed E-state index contributed by atoms with van der Waals surface area (Å²) in [6.45, 7) is 4.77. The zero-order valence-electron chi connectivity index (χ0n) is 12.1. The van der Waals surface area contributed by atoms with Crippen molar-refractivity contribution in [3.05, 3.63) is 29.6 Å². The third-order valence-electron chi connectivity index (χ3n) is 3.67. The maximum absolute atomic E-state index is 13.9. The van der Waals surface area contributed by atoms with E-state index < -0.39 is 15.8 Å². The second-order valence-electron chi connectivity index (χ2n) is 5.17. The van der Waals surface area contributed by atoms with Gasteiger partial charge in [-0.1, -0.05) is 13.0 Å². The standard InChI is InChI=1S/C14H21FN2O3S/c1-2-5-16-6-8-17(9-7-16)21(19,20)14-10-12(11-18)3-4-13(14)15/h3-4,10,18H,2,5-9,11H2,1H3. The third kappa shape index (κ3) is 3.60. The molecule has 7 heteroatoms. The Morgan fingerprint density at radius 2 is 1.90 bits per heavy atom. The van der Waals surface area contributed by atoms with Gasteiger partial charge in [0.15, 0.2) is 0 Å². The average Bonchev–Trinajstić information content (AvgIpc) is 2.48. The van der Waals surface area contributed by atoms with Crippen LogP contribution in [-0.4, -0.2) is 55.5 Å². The molecule has 0 amide bonds. The minimum absolute atomic E-state index is 0.312. The number of hydrogen-bond acceptors (Lipinski definition) is 4. The fourth-order valence-corrected chi connectivity index (χ4v) is 4.03. The molecule has 0 bridgehead atoms. The summed E-state index contributed by atoms with van der Waals surface area (Å²) < 4.78 is 40.2. The average molecular weight is 316 g/mol. The Labute approximate surface area is 125 Å². The maximum Gasteiger partial charge on any atom is 0.246 e. The highest BCUT2D eigenvalue weighted by Crippen LogP contribution is 2.22. The Kier molecular flexibility index (Phi) is 5.32. The van der Waals surface area contributed by atoms with E-state index in [1.807, 2.05) is 0 Å². The van der Waals surface area contributed by atoms with E-state index in [1.54, 1.807) is 0 Å². The van der Waals surface area contributed by atoms with Gasteiger partial charge >= 0.3 is 0 Å². The summed E-state index contributed by atoms with van der Waals surface area (Å²) >= 11 is 0. The highest BCUT2D eigenvalue weighted by Gasteiger charge is 2.30. The quantitative estimate of drug-likeness (QED) is 0.881. The summed E-state index contributed by atoms with van der Waals surface area (Å²) in [4.78, 5) is 1.85. The van der Waals surface area contributed by atoms with Crippen molar-refractivity contribution in [3.8, 4) is 0 Å². The van der Waals surface area contributed by atoms with Crippen LogP contribution in [0.15, 0.2) is 23.1 Å². The molecule has 1 heterocycles. The molecule has 2 rings (SSSR count). The number of piperazine rings is 1. The zero-order chi connectivity index (χ0) is 15.5. The smallest absolute Gasteiger partial charge is 0.246 e. The predicted molar refractivity (Wildman–Crippen MR) is 77.8 cm³/mol. The van der Waals surface area contributed by atoms with Gasteiger partial charge in [0.05, 0.1) is 6.61 Å². The second-order valence-corrected chi connectivity index (χ2v) is 7.07. The molecule has 1 fully saturated rings. The number of hydrogen-bond donors (Lipinski definition) is 1. The van der Waals surface area contributed by atoms with Crippen molar-refractivity contribution in [1.82, 2.24) is 9.21 Å². The van der Waals surface area contributed by atoms with Crippen LogP contribution in [-0.2, 0) is 16.6 Å². The Balaban J connectivity index is 2.19. The van der Waals surface area contributed by atoms with Crippen LogP contribution in [0.4, 0.5) is 4.39 Å². The SMILES string of the molecule is CCCN1CCN(S(=O)(=O)c2cc(CO)ccc2F)CC1. The van der Waals surface area contributed by atoms with Gasteiger partial charge in [-0.15, -0.1) is 0 Å². The highest BCUT2D eigenvalue weighted by molar-refractivity contribution is 7.89. The van der Waals surface area contributed by atoms with Crippen LogP contribution >= 0.6 is 0 Å². The minimum atomic E-state index is -3.84. The molecule has 0 radical (unpaired) electrons. The molecule has 1 saturated heterocycles. The number of aliphatic hydroxyl groups is 1. The van der Waals surface area contributed by atoms with E-state index in [2.05, 4.69) is 11.8 Å². The fourth-order valence-electron chi connectivity index (χ4n) is 2.49. The van der Waals surface area contributed by atoms with Gasteiger partial charge in [-0.05, 0) is 30.7 Å².